The van der Waals surface area contributed by atoms with Crippen LogP contribution in [0.15, 0.2) is 229 Å². The average molecular weight is 1300 g/mol. The second-order valence-electron chi connectivity index (χ2n) is 21.5. The molecule has 1 heterocycles. The zero-order chi connectivity index (χ0) is 64.1. The van der Waals surface area contributed by atoms with E-state index in [-0.39, 0.29) is 94.7 Å². The van der Waals surface area contributed by atoms with E-state index >= 15 is 0 Å². The van der Waals surface area contributed by atoms with E-state index in [2.05, 4.69) is 23.9 Å². The topological polar surface area (TPSA) is 145 Å². The van der Waals surface area contributed by atoms with Crippen LogP contribution in [0.1, 0.15) is 105 Å². The number of aldehydes is 1. The Bertz CT molecular complexity index is 3730. The number of ketones is 5. The van der Waals surface area contributed by atoms with Gasteiger partial charge >= 0.3 is 0 Å². The Kier molecular flexibility index (Phi) is 30.1. The number of Topliss-reactive ketones (excluding diaryl/α,β-unsaturated/α-hetero) is 5. The molecule has 466 valence electrons. The fraction of sp³-hybridized carbons (Fsp3) is 0.224. The molecule has 90 heavy (non-hydrogen) atoms. The van der Waals surface area contributed by atoms with Crippen molar-refractivity contribution in [1.82, 2.24) is 0 Å². The summed E-state index contributed by atoms with van der Waals surface area (Å²) in [4.78, 5) is 78.7. The molecule has 2 atom stereocenters. The fourth-order valence-corrected chi connectivity index (χ4v) is 10.5. The molecule has 1 aromatic heterocycles. The van der Waals surface area contributed by atoms with Crippen LogP contribution in [0.3, 0.4) is 0 Å². The SMILES string of the molecule is CC(C)C(=O)/C(=C\c1ccccc1)C(=O)Cc1ccccc1.CC(C)C(=O)C(C(=O)Cc1ccccc1)C(C(=O)c1ccc(F)cc1OCc1ccccc1)c1ccccc1.CC[n+]1csc(CCO)c1C.O=Cc1ccc(F)cc1OCc1ccccc1.[Br-]. The van der Waals surface area contributed by atoms with Gasteiger partial charge in [-0.15, -0.1) is 0 Å². The van der Waals surface area contributed by atoms with Gasteiger partial charge in [-0.2, -0.15) is 4.57 Å². The van der Waals surface area contributed by atoms with Crippen molar-refractivity contribution in [2.24, 2.45) is 17.8 Å². The van der Waals surface area contributed by atoms with Crippen LogP contribution in [0.5, 0.6) is 11.5 Å². The van der Waals surface area contributed by atoms with Gasteiger partial charge in [0.15, 0.2) is 29.3 Å². The summed E-state index contributed by atoms with van der Waals surface area (Å²) < 4.78 is 40.9. The summed E-state index contributed by atoms with van der Waals surface area (Å²) in [5, 5.41) is 8.72. The number of allylic oxidation sites excluding steroid dienone is 1. The van der Waals surface area contributed by atoms with Gasteiger partial charge in [0.2, 0.25) is 5.51 Å². The van der Waals surface area contributed by atoms with E-state index in [1.165, 1.54) is 47.0 Å². The van der Waals surface area contributed by atoms with E-state index in [4.69, 9.17) is 14.6 Å². The summed E-state index contributed by atoms with van der Waals surface area (Å²) >= 11 is 1.73. The van der Waals surface area contributed by atoms with E-state index in [1.54, 1.807) is 55.5 Å². The number of carbonyl (C=O) groups excluding carboxylic acids is 6. The minimum Gasteiger partial charge on any atom is -1.00 e. The Labute approximate surface area is 541 Å². The van der Waals surface area contributed by atoms with Crippen LogP contribution in [0.4, 0.5) is 8.78 Å². The zero-order valence-electron chi connectivity index (χ0n) is 51.5. The molecule has 14 heteroatoms. The average Bonchev–Trinajstić information content (AvgIpc) is 1.47. The third-order valence-corrected chi connectivity index (χ3v) is 15.4. The number of thiazole rings is 1. The highest BCUT2D eigenvalue weighted by Gasteiger charge is 2.41. The molecule has 10 nitrogen and oxygen atoms in total. The molecule has 0 bridgehead atoms. The summed E-state index contributed by atoms with van der Waals surface area (Å²) in [7, 11) is 0. The van der Waals surface area contributed by atoms with Crippen molar-refractivity contribution in [3.8, 4) is 11.5 Å². The molecule has 8 aromatic carbocycles. The Morgan fingerprint density at radius 2 is 1.06 bits per heavy atom. The number of hydrogen-bond donors (Lipinski definition) is 1. The lowest BCUT2D eigenvalue weighted by Crippen LogP contribution is -3.00. The van der Waals surface area contributed by atoms with Crippen molar-refractivity contribution >= 4 is 52.6 Å². The van der Waals surface area contributed by atoms with Crippen molar-refractivity contribution < 1.29 is 73.7 Å². The first-order chi connectivity index (χ1) is 43.0. The molecular weight excluding hydrogens is 1220 g/mol. The summed E-state index contributed by atoms with van der Waals surface area (Å²) in [6, 6.07) is 63.4. The Balaban J connectivity index is 0.000000242. The Morgan fingerprint density at radius 1 is 0.589 bits per heavy atom. The smallest absolute Gasteiger partial charge is 0.225 e. The van der Waals surface area contributed by atoms with E-state index in [1.807, 2.05) is 172 Å². The molecule has 0 aliphatic rings. The summed E-state index contributed by atoms with van der Waals surface area (Å²) in [6.45, 7) is 13.0. The molecule has 0 aliphatic carbocycles. The number of aryl methyl sites for hydroxylation is 1. The quantitative estimate of drug-likeness (QED) is 0.0148. The van der Waals surface area contributed by atoms with Crippen LogP contribution in [0.25, 0.3) is 6.08 Å². The molecule has 9 rings (SSSR count). The highest BCUT2D eigenvalue weighted by molar-refractivity contribution is 7.09. The predicted octanol–water partition coefficient (Wildman–Crippen LogP) is 12.3. The maximum atomic E-state index is 14.3. The van der Waals surface area contributed by atoms with Crippen molar-refractivity contribution in [2.45, 2.75) is 86.5 Å². The number of nitrogens with zero attached hydrogens (tertiary/aromatic N) is 1. The first kappa shape index (κ1) is 71.8. The molecule has 0 aliphatic heterocycles. The van der Waals surface area contributed by atoms with Gasteiger partial charge in [-0.3, -0.25) is 28.8 Å². The van der Waals surface area contributed by atoms with E-state index in [9.17, 15) is 37.5 Å². The zero-order valence-corrected chi connectivity index (χ0v) is 53.9. The van der Waals surface area contributed by atoms with Gasteiger partial charge in [-0.1, -0.05) is 221 Å². The third kappa shape index (κ3) is 22.3. The van der Waals surface area contributed by atoms with E-state index in [0.29, 0.717) is 24.0 Å². The minimum atomic E-state index is -1.22. The number of aromatic nitrogens is 1. The van der Waals surface area contributed by atoms with E-state index < -0.39 is 35.2 Å². The number of hydrogen-bond acceptors (Lipinski definition) is 10. The summed E-state index contributed by atoms with van der Waals surface area (Å²) in [5.74, 6) is -4.98. The van der Waals surface area contributed by atoms with Crippen LogP contribution < -0.4 is 31.0 Å². The molecule has 2 unspecified atom stereocenters. The predicted molar refractivity (Wildman–Crippen MR) is 347 cm³/mol. The highest BCUT2D eigenvalue weighted by Crippen LogP contribution is 2.36. The molecule has 0 saturated heterocycles. The lowest BCUT2D eigenvalue weighted by molar-refractivity contribution is -0.694. The largest absolute Gasteiger partial charge is 1.00 e. The maximum Gasteiger partial charge on any atom is 0.225 e. The number of carbonyl (C=O) groups is 6. The normalized spacial score (nSPS) is 11.4. The molecular formula is C76H76BrF2NO9S. The molecule has 0 radical (unpaired) electrons. The highest BCUT2D eigenvalue weighted by atomic mass is 79.9. The van der Waals surface area contributed by atoms with Crippen LogP contribution in [0.2, 0.25) is 0 Å². The van der Waals surface area contributed by atoms with Gasteiger partial charge in [-0.25, -0.2) is 8.78 Å². The molecule has 0 saturated carbocycles. The van der Waals surface area contributed by atoms with Gasteiger partial charge < -0.3 is 31.6 Å². The summed E-state index contributed by atoms with van der Waals surface area (Å²) in [5.41, 5.74) is 9.07. The van der Waals surface area contributed by atoms with Gasteiger partial charge in [-0.05, 0) is 70.6 Å². The van der Waals surface area contributed by atoms with Gasteiger partial charge in [0.05, 0.1) is 33.4 Å². The monoisotopic (exact) mass is 1300 g/mol. The number of ether oxygens (including phenoxy) is 2. The van der Waals surface area contributed by atoms with Crippen LogP contribution in [-0.4, -0.2) is 46.9 Å². The van der Waals surface area contributed by atoms with Crippen LogP contribution in [-0.2, 0) is 58.2 Å². The fourth-order valence-electron chi connectivity index (χ4n) is 9.42. The number of halogens is 3. The standard InChI is InChI=1S/C34H31FO4.C20H20O2.C14H11FO2.C8H14NOS.BrH/c1-23(2)33(37)32(29(36)20-24-12-6-3-7-13-24)31(26-16-10-5-11-17-26)34(38)28-19-18-27(35)21-30(28)39-22-25-14-8-4-9-15-25;1-15(2)20(22)18(13-16-9-5-3-6-10-16)19(21)14-17-11-7-4-8-12-17;15-13-7-6-12(9-16)14(8-13)17-10-11-4-2-1-3-5-11;1-3-9-6-11-8(4-5-10)7(9)2;/h3-19,21,23,31-32H,20,22H2,1-2H3;3-13,15H,14H2,1-2H3;1-9H,10H2;6,10H,3-5H2,1-2H3;1H/q;;;+1;/p-1/b;18-13-;;;. The lowest BCUT2D eigenvalue weighted by Gasteiger charge is -2.27. The van der Waals surface area contributed by atoms with Crippen molar-refractivity contribution in [3.05, 3.63) is 296 Å². The molecule has 0 amide bonds. The lowest BCUT2D eigenvalue weighted by atomic mass is 9.73. The number of aliphatic hydroxyl groups excluding tert-OH is 1. The second kappa shape index (κ2) is 37.8. The Morgan fingerprint density at radius 3 is 1.53 bits per heavy atom. The van der Waals surface area contributed by atoms with Gasteiger partial charge in [0.25, 0.3) is 0 Å². The molecule has 0 fully saturated rings. The van der Waals surface area contributed by atoms with Crippen molar-refractivity contribution in [2.75, 3.05) is 6.61 Å². The van der Waals surface area contributed by atoms with Crippen LogP contribution in [0, 0.1) is 36.3 Å². The first-order valence-electron chi connectivity index (χ1n) is 29.5. The van der Waals surface area contributed by atoms with Crippen molar-refractivity contribution in [3.63, 3.8) is 0 Å². The van der Waals surface area contributed by atoms with Crippen LogP contribution >= 0.6 is 11.3 Å². The molecule has 0 spiro atoms. The number of benzene rings is 8. The number of rotatable bonds is 25. The Hall–Kier alpha value is -8.95. The first-order valence-corrected chi connectivity index (χ1v) is 30.4. The van der Waals surface area contributed by atoms with Crippen molar-refractivity contribution in [1.29, 1.82) is 0 Å². The van der Waals surface area contributed by atoms with E-state index in [0.717, 1.165) is 40.8 Å². The third-order valence-electron chi connectivity index (χ3n) is 14.2. The number of aliphatic hydroxyl groups is 1. The molecule has 1 N–H and O–H groups in total. The minimum absolute atomic E-state index is 0. The summed E-state index contributed by atoms with van der Waals surface area (Å²) in [6.07, 6.45) is 3.41. The maximum absolute atomic E-state index is 14.3. The van der Waals surface area contributed by atoms with Gasteiger partial charge in [0.1, 0.15) is 54.5 Å². The second-order valence-corrected chi connectivity index (χ2v) is 22.4. The van der Waals surface area contributed by atoms with Gasteiger partial charge in [0, 0.05) is 56.8 Å². The molecule has 9 aromatic rings.